The van der Waals surface area contributed by atoms with Crippen molar-refractivity contribution in [2.75, 3.05) is 7.05 Å². The van der Waals surface area contributed by atoms with Gasteiger partial charge in [-0.2, -0.15) is 0 Å². The second kappa shape index (κ2) is 7.27. The SMILES string of the molecule is CNC(=O)NC(=O)C(C)NC1CCCCCC1. The summed E-state index contributed by atoms with van der Waals surface area (Å²) < 4.78 is 0. The first-order chi connectivity index (χ1) is 8.13. The highest BCUT2D eigenvalue weighted by Gasteiger charge is 2.19. The van der Waals surface area contributed by atoms with Gasteiger partial charge in [-0.25, -0.2) is 4.79 Å². The third kappa shape index (κ3) is 5.17. The molecular formula is C12H23N3O2. The van der Waals surface area contributed by atoms with E-state index in [4.69, 9.17) is 0 Å². The van der Waals surface area contributed by atoms with Crippen molar-refractivity contribution in [1.82, 2.24) is 16.0 Å². The zero-order chi connectivity index (χ0) is 12.7. The highest BCUT2D eigenvalue weighted by molar-refractivity contribution is 5.96. The molecule has 1 saturated carbocycles. The van der Waals surface area contributed by atoms with Gasteiger partial charge in [0.25, 0.3) is 0 Å². The molecule has 1 atom stereocenters. The maximum Gasteiger partial charge on any atom is 0.321 e. The largest absolute Gasteiger partial charge is 0.341 e. The molecule has 0 aromatic carbocycles. The number of nitrogens with one attached hydrogen (secondary N) is 3. The number of urea groups is 1. The number of carbonyl (C=O) groups excluding carboxylic acids is 2. The van der Waals surface area contributed by atoms with Gasteiger partial charge in [0.05, 0.1) is 6.04 Å². The Morgan fingerprint density at radius 2 is 1.71 bits per heavy atom. The normalized spacial score (nSPS) is 19.2. The predicted molar refractivity (Wildman–Crippen MR) is 66.7 cm³/mol. The van der Waals surface area contributed by atoms with Crippen LogP contribution in [0.4, 0.5) is 4.79 Å². The number of imide groups is 1. The number of amides is 3. The Labute approximate surface area is 103 Å². The molecule has 0 spiro atoms. The first-order valence-electron chi connectivity index (χ1n) is 6.42. The van der Waals surface area contributed by atoms with Crippen molar-refractivity contribution >= 4 is 11.9 Å². The van der Waals surface area contributed by atoms with Gasteiger partial charge in [-0.15, -0.1) is 0 Å². The van der Waals surface area contributed by atoms with Crippen LogP contribution in [-0.4, -0.2) is 31.1 Å². The lowest BCUT2D eigenvalue weighted by molar-refractivity contribution is -0.121. The van der Waals surface area contributed by atoms with Gasteiger partial charge in [-0.1, -0.05) is 25.7 Å². The molecule has 1 fully saturated rings. The Bertz CT molecular complexity index is 260. The Kier molecular flexibility index (Phi) is 5.97. The van der Waals surface area contributed by atoms with Crippen LogP contribution in [0.2, 0.25) is 0 Å². The van der Waals surface area contributed by atoms with E-state index >= 15 is 0 Å². The highest BCUT2D eigenvalue weighted by Crippen LogP contribution is 2.17. The fraction of sp³-hybridized carbons (Fsp3) is 0.833. The van der Waals surface area contributed by atoms with Gasteiger partial charge < -0.3 is 10.6 Å². The minimum atomic E-state index is -0.454. The van der Waals surface area contributed by atoms with Crippen LogP contribution in [0.25, 0.3) is 0 Å². The van der Waals surface area contributed by atoms with Crippen LogP contribution in [0.3, 0.4) is 0 Å². The number of hydrogen-bond donors (Lipinski definition) is 3. The maximum atomic E-state index is 11.6. The van der Waals surface area contributed by atoms with Crippen molar-refractivity contribution in [2.24, 2.45) is 0 Å². The third-order valence-corrected chi connectivity index (χ3v) is 3.20. The summed E-state index contributed by atoms with van der Waals surface area (Å²) in [6.45, 7) is 1.79. The lowest BCUT2D eigenvalue weighted by Crippen LogP contribution is -2.49. The summed E-state index contributed by atoms with van der Waals surface area (Å²) in [5, 5.41) is 7.94. The Morgan fingerprint density at radius 3 is 2.24 bits per heavy atom. The minimum Gasteiger partial charge on any atom is -0.341 e. The average molecular weight is 241 g/mol. The molecule has 0 aromatic rings. The van der Waals surface area contributed by atoms with Crippen LogP contribution in [0, 0.1) is 0 Å². The van der Waals surface area contributed by atoms with Gasteiger partial charge in [-0.05, 0) is 19.8 Å². The molecule has 0 heterocycles. The Morgan fingerprint density at radius 1 is 1.12 bits per heavy atom. The fourth-order valence-corrected chi connectivity index (χ4v) is 2.16. The standard InChI is InChI=1S/C12H23N3O2/c1-9(11(16)15-12(17)13-2)14-10-7-5-3-4-6-8-10/h9-10,14H,3-8H2,1-2H3,(H2,13,15,16,17). The van der Waals surface area contributed by atoms with E-state index < -0.39 is 6.03 Å². The summed E-state index contributed by atoms with van der Waals surface area (Å²) in [5.41, 5.74) is 0. The molecule has 0 aliphatic heterocycles. The molecule has 1 aliphatic carbocycles. The van der Waals surface area contributed by atoms with E-state index in [1.165, 1.54) is 32.7 Å². The first kappa shape index (κ1) is 14.0. The van der Waals surface area contributed by atoms with Gasteiger partial charge in [0.15, 0.2) is 0 Å². The molecule has 1 aliphatic rings. The molecule has 98 valence electrons. The van der Waals surface area contributed by atoms with Crippen molar-refractivity contribution in [1.29, 1.82) is 0 Å². The molecule has 0 aromatic heterocycles. The summed E-state index contributed by atoms with van der Waals surface area (Å²) in [5.74, 6) is -0.270. The lowest BCUT2D eigenvalue weighted by atomic mass is 10.1. The zero-order valence-electron chi connectivity index (χ0n) is 10.7. The molecular weight excluding hydrogens is 218 g/mol. The molecule has 5 heteroatoms. The smallest absolute Gasteiger partial charge is 0.321 e. The van der Waals surface area contributed by atoms with Crippen LogP contribution >= 0.6 is 0 Å². The molecule has 0 saturated heterocycles. The van der Waals surface area contributed by atoms with Crippen LogP contribution in [0.15, 0.2) is 0 Å². The molecule has 3 N–H and O–H groups in total. The maximum absolute atomic E-state index is 11.6. The molecule has 0 bridgehead atoms. The topological polar surface area (TPSA) is 70.2 Å². The van der Waals surface area contributed by atoms with Crippen molar-refractivity contribution < 1.29 is 9.59 Å². The first-order valence-corrected chi connectivity index (χ1v) is 6.42. The molecule has 0 radical (unpaired) electrons. The van der Waals surface area contributed by atoms with Crippen LogP contribution in [-0.2, 0) is 4.79 Å². The van der Waals surface area contributed by atoms with Crippen LogP contribution < -0.4 is 16.0 Å². The Hall–Kier alpha value is -1.10. The van der Waals surface area contributed by atoms with Crippen molar-refractivity contribution in [2.45, 2.75) is 57.5 Å². The number of hydrogen-bond acceptors (Lipinski definition) is 3. The molecule has 1 unspecified atom stereocenters. The molecule has 3 amide bonds. The number of carbonyl (C=O) groups is 2. The van der Waals surface area contributed by atoms with E-state index in [1.54, 1.807) is 6.92 Å². The summed E-state index contributed by atoms with van der Waals surface area (Å²) >= 11 is 0. The predicted octanol–water partition coefficient (Wildman–Crippen LogP) is 1.14. The van der Waals surface area contributed by atoms with E-state index in [9.17, 15) is 9.59 Å². The van der Waals surface area contributed by atoms with E-state index in [1.807, 2.05) is 0 Å². The van der Waals surface area contributed by atoms with Gasteiger partial charge >= 0.3 is 6.03 Å². The lowest BCUT2D eigenvalue weighted by Gasteiger charge is -2.21. The fourth-order valence-electron chi connectivity index (χ4n) is 2.16. The molecule has 5 nitrogen and oxygen atoms in total. The Balaban J connectivity index is 2.33. The van der Waals surface area contributed by atoms with Gasteiger partial charge in [0, 0.05) is 13.1 Å². The summed E-state index contributed by atoms with van der Waals surface area (Å²) in [6.07, 6.45) is 7.27. The number of rotatable bonds is 3. The van der Waals surface area contributed by atoms with E-state index in [-0.39, 0.29) is 11.9 Å². The zero-order valence-corrected chi connectivity index (χ0v) is 10.7. The van der Waals surface area contributed by atoms with Gasteiger partial charge in [0.2, 0.25) is 5.91 Å². The summed E-state index contributed by atoms with van der Waals surface area (Å²) in [7, 11) is 1.49. The molecule has 1 rings (SSSR count). The summed E-state index contributed by atoms with van der Waals surface area (Å²) in [4.78, 5) is 22.6. The highest BCUT2D eigenvalue weighted by atomic mass is 16.2. The van der Waals surface area contributed by atoms with E-state index in [0.717, 1.165) is 12.8 Å². The quantitative estimate of drug-likeness (QED) is 0.649. The minimum absolute atomic E-state index is 0.270. The van der Waals surface area contributed by atoms with Crippen LogP contribution in [0.5, 0.6) is 0 Å². The van der Waals surface area contributed by atoms with Crippen molar-refractivity contribution in [3.8, 4) is 0 Å². The second-order valence-corrected chi connectivity index (χ2v) is 4.65. The van der Waals surface area contributed by atoms with Gasteiger partial charge in [0.1, 0.15) is 0 Å². The van der Waals surface area contributed by atoms with Gasteiger partial charge in [-0.3, -0.25) is 10.1 Å². The second-order valence-electron chi connectivity index (χ2n) is 4.65. The van der Waals surface area contributed by atoms with Crippen molar-refractivity contribution in [3.05, 3.63) is 0 Å². The monoisotopic (exact) mass is 241 g/mol. The summed E-state index contributed by atoms with van der Waals surface area (Å²) in [6, 6.07) is -0.372. The third-order valence-electron chi connectivity index (χ3n) is 3.20. The van der Waals surface area contributed by atoms with Crippen LogP contribution in [0.1, 0.15) is 45.4 Å². The average Bonchev–Trinajstić information content (AvgIpc) is 2.57. The van der Waals surface area contributed by atoms with E-state index in [2.05, 4.69) is 16.0 Å². The van der Waals surface area contributed by atoms with Crippen molar-refractivity contribution in [3.63, 3.8) is 0 Å². The molecule has 17 heavy (non-hydrogen) atoms. The van der Waals surface area contributed by atoms with E-state index in [0.29, 0.717) is 6.04 Å².